The standard InChI is InChI=1S/C17H27N3O/c1-12-6-4-5-7-13(12)11-19-16-10-14(18)8-9-15(16)17(21)20(2)3/h8-10,12-13,19H,4-7,11,18H2,1-3H3. The number of nitrogens with one attached hydrogen (secondary N) is 1. The summed E-state index contributed by atoms with van der Waals surface area (Å²) in [5.41, 5.74) is 8.11. The highest BCUT2D eigenvalue weighted by molar-refractivity contribution is 6.00. The van der Waals surface area contributed by atoms with Gasteiger partial charge in [-0.1, -0.05) is 26.2 Å². The van der Waals surface area contributed by atoms with Gasteiger partial charge in [-0.25, -0.2) is 0 Å². The van der Waals surface area contributed by atoms with Crippen LogP contribution >= 0.6 is 0 Å². The first-order valence-corrected chi connectivity index (χ1v) is 7.84. The Bertz CT molecular complexity index is 499. The van der Waals surface area contributed by atoms with Crippen molar-refractivity contribution < 1.29 is 4.79 Å². The zero-order chi connectivity index (χ0) is 15.4. The van der Waals surface area contributed by atoms with Crippen molar-refractivity contribution in [3.8, 4) is 0 Å². The van der Waals surface area contributed by atoms with Gasteiger partial charge in [0.15, 0.2) is 0 Å². The maximum absolute atomic E-state index is 12.2. The zero-order valence-corrected chi connectivity index (χ0v) is 13.4. The van der Waals surface area contributed by atoms with Crippen molar-refractivity contribution in [2.75, 3.05) is 31.7 Å². The summed E-state index contributed by atoms with van der Waals surface area (Å²) in [7, 11) is 3.54. The van der Waals surface area contributed by atoms with Gasteiger partial charge in [-0.2, -0.15) is 0 Å². The summed E-state index contributed by atoms with van der Waals surface area (Å²) in [4.78, 5) is 13.8. The molecule has 4 heteroatoms. The van der Waals surface area contributed by atoms with E-state index in [0.29, 0.717) is 17.2 Å². The van der Waals surface area contributed by atoms with E-state index in [1.807, 2.05) is 12.1 Å². The minimum absolute atomic E-state index is 0.00851. The number of nitrogen functional groups attached to an aromatic ring is 1. The smallest absolute Gasteiger partial charge is 0.255 e. The van der Waals surface area contributed by atoms with Crippen LogP contribution in [0.2, 0.25) is 0 Å². The first kappa shape index (κ1) is 15.7. The number of nitrogens with two attached hydrogens (primary N) is 1. The lowest BCUT2D eigenvalue weighted by Gasteiger charge is -2.29. The Kier molecular flexibility index (Phi) is 5.10. The van der Waals surface area contributed by atoms with Crippen molar-refractivity contribution in [1.29, 1.82) is 0 Å². The largest absolute Gasteiger partial charge is 0.399 e. The van der Waals surface area contributed by atoms with Crippen LogP contribution in [-0.4, -0.2) is 31.4 Å². The Morgan fingerprint density at radius 2 is 2.05 bits per heavy atom. The van der Waals surface area contributed by atoms with Crippen LogP contribution in [0, 0.1) is 11.8 Å². The number of hydrogen-bond donors (Lipinski definition) is 2. The first-order chi connectivity index (χ1) is 9.99. The lowest BCUT2D eigenvalue weighted by Crippen LogP contribution is -2.26. The van der Waals surface area contributed by atoms with E-state index in [0.717, 1.165) is 18.2 Å². The van der Waals surface area contributed by atoms with Gasteiger partial charge >= 0.3 is 0 Å². The highest BCUT2D eigenvalue weighted by Gasteiger charge is 2.22. The molecule has 0 aliphatic heterocycles. The molecule has 0 spiro atoms. The van der Waals surface area contributed by atoms with E-state index in [1.54, 1.807) is 25.1 Å². The summed E-state index contributed by atoms with van der Waals surface area (Å²) in [6.07, 6.45) is 5.25. The van der Waals surface area contributed by atoms with E-state index >= 15 is 0 Å². The van der Waals surface area contributed by atoms with E-state index in [4.69, 9.17) is 5.73 Å². The van der Waals surface area contributed by atoms with Crippen LogP contribution in [0.4, 0.5) is 11.4 Å². The van der Waals surface area contributed by atoms with Gasteiger partial charge in [0.2, 0.25) is 0 Å². The number of nitrogens with zero attached hydrogens (tertiary/aromatic N) is 1. The Morgan fingerprint density at radius 1 is 1.33 bits per heavy atom. The summed E-state index contributed by atoms with van der Waals surface area (Å²) < 4.78 is 0. The fourth-order valence-electron chi connectivity index (χ4n) is 3.07. The van der Waals surface area contributed by atoms with Gasteiger partial charge in [0, 0.05) is 32.0 Å². The van der Waals surface area contributed by atoms with Crippen LogP contribution < -0.4 is 11.1 Å². The van der Waals surface area contributed by atoms with Crippen molar-refractivity contribution in [3.05, 3.63) is 23.8 Å². The van der Waals surface area contributed by atoms with Crippen molar-refractivity contribution in [2.45, 2.75) is 32.6 Å². The van der Waals surface area contributed by atoms with Gasteiger partial charge in [-0.15, -0.1) is 0 Å². The zero-order valence-electron chi connectivity index (χ0n) is 13.4. The third-order valence-electron chi connectivity index (χ3n) is 4.52. The molecular weight excluding hydrogens is 262 g/mol. The predicted octanol–water partition coefficient (Wildman–Crippen LogP) is 3.21. The second kappa shape index (κ2) is 6.83. The van der Waals surface area contributed by atoms with E-state index in [2.05, 4.69) is 12.2 Å². The minimum atomic E-state index is 0.00851. The average Bonchev–Trinajstić information content (AvgIpc) is 2.46. The van der Waals surface area contributed by atoms with Crippen molar-refractivity contribution in [3.63, 3.8) is 0 Å². The van der Waals surface area contributed by atoms with E-state index in [1.165, 1.54) is 25.7 Å². The van der Waals surface area contributed by atoms with Gasteiger partial charge in [-0.05, 0) is 36.5 Å². The number of rotatable bonds is 4. The molecule has 1 aromatic carbocycles. The Hall–Kier alpha value is -1.71. The third-order valence-corrected chi connectivity index (χ3v) is 4.52. The number of benzene rings is 1. The molecule has 2 atom stereocenters. The van der Waals surface area contributed by atoms with Crippen LogP contribution in [0.1, 0.15) is 43.0 Å². The summed E-state index contributed by atoms with van der Waals surface area (Å²) in [5, 5.41) is 3.46. The molecule has 0 aromatic heterocycles. The molecule has 1 saturated carbocycles. The number of hydrogen-bond acceptors (Lipinski definition) is 3. The van der Waals surface area contributed by atoms with Gasteiger partial charge in [0.25, 0.3) is 5.91 Å². The van der Waals surface area contributed by atoms with Gasteiger partial charge < -0.3 is 16.0 Å². The summed E-state index contributed by atoms with van der Waals surface area (Å²) in [5.74, 6) is 1.44. The van der Waals surface area contributed by atoms with Gasteiger partial charge in [0.1, 0.15) is 0 Å². The normalized spacial score (nSPS) is 21.9. The molecule has 0 saturated heterocycles. The molecule has 2 unspecified atom stereocenters. The molecule has 116 valence electrons. The molecule has 1 amide bonds. The number of carbonyl (C=O) groups excluding carboxylic acids is 1. The highest BCUT2D eigenvalue weighted by Crippen LogP contribution is 2.30. The maximum Gasteiger partial charge on any atom is 0.255 e. The Balaban J connectivity index is 2.11. The molecule has 3 N–H and O–H groups in total. The topological polar surface area (TPSA) is 58.4 Å². The number of anilines is 2. The van der Waals surface area contributed by atoms with Crippen molar-refractivity contribution >= 4 is 17.3 Å². The molecule has 0 heterocycles. The fraction of sp³-hybridized carbons (Fsp3) is 0.588. The molecule has 1 aliphatic carbocycles. The third kappa shape index (κ3) is 3.90. The molecule has 1 fully saturated rings. The van der Waals surface area contributed by atoms with Crippen LogP contribution in [0.15, 0.2) is 18.2 Å². The van der Waals surface area contributed by atoms with Crippen LogP contribution in [0.3, 0.4) is 0 Å². The summed E-state index contributed by atoms with van der Waals surface area (Å²) in [6.45, 7) is 3.25. The molecule has 21 heavy (non-hydrogen) atoms. The predicted molar refractivity (Wildman–Crippen MR) is 88.5 cm³/mol. The summed E-state index contributed by atoms with van der Waals surface area (Å²) in [6, 6.07) is 5.46. The lowest BCUT2D eigenvalue weighted by atomic mass is 9.80. The van der Waals surface area contributed by atoms with Crippen molar-refractivity contribution in [1.82, 2.24) is 4.90 Å². The Labute approximate surface area is 127 Å². The van der Waals surface area contributed by atoms with E-state index < -0.39 is 0 Å². The van der Waals surface area contributed by atoms with Gasteiger partial charge in [-0.3, -0.25) is 4.79 Å². The molecule has 2 rings (SSSR count). The van der Waals surface area contributed by atoms with Crippen molar-refractivity contribution in [2.24, 2.45) is 11.8 Å². The molecule has 1 aromatic rings. The quantitative estimate of drug-likeness (QED) is 0.837. The first-order valence-electron chi connectivity index (χ1n) is 7.84. The molecule has 0 radical (unpaired) electrons. The SMILES string of the molecule is CC1CCCCC1CNc1cc(N)ccc1C(=O)N(C)C. The second-order valence-electron chi connectivity index (χ2n) is 6.41. The average molecular weight is 289 g/mol. The molecule has 1 aliphatic rings. The maximum atomic E-state index is 12.2. The number of carbonyl (C=O) groups is 1. The monoisotopic (exact) mass is 289 g/mol. The van der Waals surface area contributed by atoms with Crippen LogP contribution in [0.5, 0.6) is 0 Å². The van der Waals surface area contributed by atoms with Crippen LogP contribution in [-0.2, 0) is 0 Å². The van der Waals surface area contributed by atoms with Gasteiger partial charge in [0.05, 0.1) is 5.56 Å². The van der Waals surface area contributed by atoms with Crippen LogP contribution in [0.25, 0.3) is 0 Å². The molecule has 4 nitrogen and oxygen atoms in total. The second-order valence-corrected chi connectivity index (χ2v) is 6.41. The highest BCUT2D eigenvalue weighted by atomic mass is 16.2. The summed E-state index contributed by atoms with van der Waals surface area (Å²) >= 11 is 0. The van der Waals surface area contributed by atoms with E-state index in [9.17, 15) is 4.79 Å². The molecular formula is C17H27N3O. The van der Waals surface area contributed by atoms with E-state index in [-0.39, 0.29) is 5.91 Å². The number of amides is 1. The Morgan fingerprint density at radius 3 is 2.71 bits per heavy atom. The lowest BCUT2D eigenvalue weighted by molar-refractivity contribution is 0.0828. The molecule has 0 bridgehead atoms. The minimum Gasteiger partial charge on any atom is -0.399 e. The fourth-order valence-corrected chi connectivity index (χ4v) is 3.07.